The Bertz CT molecular complexity index is 877. The van der Waals surface area contributed by atoms with Gasteiger partial charge in [-0.3, -0.25) is 9.59 Å². The highest BCUT2D eigenvalue weighted by atomic mass is 16.6. The molecule has 2 aromatic rings. The zero-order chi connectivity index (χ0) is 21.3. The summed E-state index contributed by atoms with van der Waals surface area (Å²) in [5.41, 5.74) is 2.00. The van der Waals surface area contributed by atoms with Crippen molar-refractivity contribution < 1.29 is 28.6 Å². The molecule has 0 aliphatic carbocycles. The third-order valence-corrected chi connectivity index (χ3v) is 4.58. The van der Waals surface area contributed by atoms with E-state index in [0.29, 0.717) is 30.8 Å². The average Bonchev–Trinajstić information content (AvgIpc) is 2.79. The van der Waals surface area contributed by atoms with Crippen LogP contribution >= 0.6 is 0 Å². The highest BCUT2D eigenvalue weighted by Gasteiger charge is 2.19. The molecular weight excluding hydrogens is 388 g/mol. The number of amides is 1. The van der Waals surface area contributed by atoms with Gasteiger partial charge in [0.25, 0.3) is 5.91 Å². The first-order valence-corrected chi connectivity index (χ1v) is 9.67. The maximum Gasteiger partial charge on any atom is 0.344 e. The van der Waals surface area contributed by atoms with Gasteiger partial charge < -0.3 is 24.4 Å². The molecule has 1 aliphatic rings. The lowest BCUT2D eigenvalue weighted by Gasteiger charge is -2.28. The molecule has 1 aliphatic heterocycles. The molecule has 0 bridgehead atoms. The molecule has 158 valence electrons. The number of ether oxygens (including phenoxy) is 3. The van der Waals surface area contributed by atoms with Gasteiger partial charge in [-0.15, -0.1) is 0 Å². The quantitative estimate of drug-likeness (QED) is 0.525. The lowest BCUT2D eigenvalue weighted by atomic mass is 10.2. The van der Waals surface area contributed by atoms with Crippen molar-refractivity contribution in [1.82, 2.24) is 0 Å². The van der Waals surface area contributed by atoms with Gasteiger partial charge in [0, 0.05) is 24.5 Å². The fourth-order valence-corrected chi connectivity index (χ4v) is 2.95. The van der Waals surface area contributed by atoms with E-state index >= 15 is 0 Å². The van der Waals surface area contributed by atoms with E-state index in [1.807, 2.05) is 12.1 Å². The molecule has 0 saturated carbocycles. The van der Waals surface area contributed by atoms with Gasteiger partial charge in [-0.05, 0) is 43.3 Å². The van der Waals surface area contributed by atoms with Crippen LogP contribution in [0.4, 0.5) is 11.4 Å². The SMILES string of the molecule is C[C@@H](OC(=O)COc1ccccc1C=O)C(=O)Nc1ccc(N2CCOCC2)cc1. The molecule has 1 atom stereocenters. The Morgan fingerprint density at radius 2 is 1.83 bits per heavy atom. The van der Waals surface area contributed by atoms with E-state index in [1.54, 1.807) is 36.4 Å². The topological polar surface area (TPSA) is 94.2 Å². The number of morpholine rings is 1. The van der Waals surface area contributed by atoms with Crippen molar-refractivity contribution in [3.8, 4) is 5.75 Å². The maximum absolute atomic E-state index is 12.3. The summed E-state index contributed by atoms with van der Waals surface area (Å²) in [6, 6.07) is 14.0. The van der Waals surface area contributed by atoms with Crippen LogP contribution in [-0.2, 0) is 19.1 Å². The minimum Gasteiger partial charge on any atom is -0.481 e. The van der Waals surface area contributed by atoms with Gasteiger partial charge >= 0.3 is 5.97 Å². The average molecular weight is 412 g/mol. The number of para-hydroxylation sites is 1. The standard InChI is InChI=1S/C22H24N2O6/c1-16(30-21(26)15-29-20-5-3-2-4-17(20)14-25)22(27)23-18-6-8-19(9-7-18)24-10-12-28-13-11-24/h2-9,14,16H,10-13,15H2,1H3,(H,23,27)/t16-/m1/s1. The minimum atomic E-state index is -0.999. The number of nitrogens with zero attached hydrogens (tertiary/aromatic N) is 1. The van der Waals surface area contributed by atoms with E-state index in [9.17, 15) is 14.4 Å². The molecule has 8 heteroatoms. The van der Waals surface area contributed by atoms with Crippen LogP contribution in [0.2, 0.25) is 0 Å². The van der Waals surface area contributed by atoms with E-state index in [-0.39, 0.29) is 5.75 Å². The molecular formula is C22H24N2O6. The minimum absolute atomic E-state index is 0.280. The Hall–Kier alpha value is -3.39. The first kappa shape index (κ1) is 21.3. The number of anilines is 2. The molecule has 1 saturated heterocycles. The third kappa shape index (κ3) is 5.81. The summed E-state index contributed by atoms with van der Waals surface area (Å²) < 4.78 is 15.8. The lowest BCUT2D eigenvalue weighted by molar-refractivity contribution is -0.155. The summed E-state index contributed by atoms with van der Waals surface area (Å²) in [5, 5.41) is 2.72. The normalized spacial score (nSPS) is 14.5. The fourth-order valence-electron chi connectivity index (χ4n) is 2.95. The van der Waals surface area contributed by atoms with Gasteiger partial charge in [-0.2, -0.15) is 0 Å². The highest BCUT2D eigenvalue weighted by molar-refractivity contribution is 5.95. The Kier molecular flexibility index (Phi) is 7.40. The number of carbonyl (C=O) groups excluding carboxylic acids is 3. The summed E-state index contributed by atoms with van der Waals surface area (Å²) in [7, 11) is 0. The number of benzene rings is 2. The lowest BCUT2D eigenvalue weighted by Crippen LogP contribution is -2.36. The van der Waals surface area contributed by atoms with Crippen LogP contribution in [-0.4, -0.2) is 57.2 Å². The zero-order valence-electron chi connectivity index (χ0n) is 16.7. The van der Waals surface area contributed by atoms with E-state index in [2.05, 4.69) is 10.2 Å². The van der Waals surface area contributed by atoms with Crippen molar-refractivity contribution in [2.45, 2.75) is 13.0 Å². The van der Waals surface area contributed by atoms with Gasteiger partial charge in [0.15, 0.2) is 19.0 Å². The number of aldehydes is 1. The predicted molar refractivity (Wildman–Crippen MR) is 111 cm³/mol. The van der Waals surface area contributed by atoms with Crippen LogP contribution in [0, 0.1) is 0 Å². The predicted octanol–water partition coefficient (Wildman–Crippen LogP) is 2.28. The van der Waals surface area contributed by atoms with Gasteiger partial charge in [-0.25, -0.2) is 4.79 Å². The van der Waals surface area contributed by atoms with Crippen LogP contribution in [0.5, 0.6) is 5.75 Å². The molecule has 1 fully saturated rings. The molecule has 8 nitrogen and oxygen atoms in total. The summed E-state index contributed by atoms with van der Waals surface area (Å²) in [4.78, 5) is 37.5. The molecule has 1 N–H and O–H groups in total. The molecule has 30 heavy (non-hydrogen) atoms. The second-order valence-corrected chi connectivity index (χ2v) is 6.71. The van der Waals surface area contributed by atoms with Gasteiger partial charge in [0.05, 0.1) is 18.8 Å². The molecule has 1 amide bonds. The van der Waals surface area contributed by atoms with Crippen LogP contribution in [0.15, 0.2) is 48.5 Å². The number of esters is 1. The van der Waals surface area contributed by atoms with Crippen LogP contribution in [0.1, 0.15) is 17.3 Å². The summed E-state index contributed by atoms with van der Waals surface area (Å²) >= 11 is 0. The Morgan fingerprint density at radius 3 is 2.53 bits per heavy atom. The molecule has 0 unspecified atom stereocenters. The zero-order valence-corrected chi connectivity index (χ0v) is 16.7. The van der Waals surface area contributed by atoms with Crippen molar-refractivity contribution in [2.75, 3.05) is 43.1 Å². The first-order chi connectivity index (χ1) is 14.6. The Balaban J connectivity index is 1.46. The number of nitrogens with one attached hydrogen (secondary N) is 1. The largest absolute Gasteiger partial charge is 0.481 e. The van der Waals surface area contributed by atoms with Crippen LogP contribution in [0.25, 0.3) is 0 Å². The van der Waals surface area contributed by atoms with Gasteiger partial charge in [0.1, 0.15) is 5.75 Å². The molecule has 2 aromatic carbocycles. The van der Waals surface area contributed by atoms with Crippen LogP contribution < -0.4 is 15.0 Å². The van der Waals surface area contributed by atoms with Crippen LogP contribution in [0.3, 0.4) is 0 Å². The number of hydrogen-bond acceptors (Lipinski definition) is 7. The van der Waals surface area contributed by atoms with Gasteiger partial charge in [-0.1, -0.05) is 12.1 Å². The number of rotatable bonds is 8. The molecule has 0 aromatic heterocycles. The first-order valence-electron chi connectivity index (χ1n) is 9.67. The molecule has 0 radical (unpaired) electrons. The molecule has 0 spiro atoms. The monoisotopic (exact) mass is 412 g/mol. The van der Waals surface area contributed by atoms with Crippen molar-refractivity contribution in [2.24, 2.45) is 0 Å². The second-order valence-electron chi connectivity index (χ2n) is 6.71. The number of carbonyl (C=O) groups is 3. The van der Waals surface area contributed by atoms with Gasteiger partial charge in [0.2, 0.25) is 0 Å². The second kappa shape index (κ2) is 10.4. The molecule has 3 rings (SSSR count). The van der Waals surface area contributed by atoms with E-state index in [4.69, 9.17) is 14.2 Å². The third-order valence-electron chi connectivity index (χ3n) is 4.58. The Labute approximate surface area is 174 Å². The van der Waals surface area contributed by atoms with Crippen molar-refractivity contribution in [1.29, 1.82) is 0 Å². The maximum atomic E-state index is 12.3. The Morgan fingerprint density at radius 1 is 1.13 bits per heavy atom. The van der Waals surface area contributed by atoms with Crippen molar-refractivity contribution >= 4 is 29.5 Å². The van der Waals surface area contributed by atoms with E-state index in [0.717, 1.165) is 18.8 Å². The molecule has 1 heterocycles. The number of hydrogen-bond donors (Lipinski definition) is 1. The summed E-state index contributed by atoms with van der Waals surface area (Å²) in [6.07, 6.45) is -0.359. The summed E-state index contributed by atoms with van der Waals surface area (Å²) in [5.74, 6) is -0.876. The van der Waals surface area contributed by atoms with E-state index < -0.39 is 24.6 Å². The fraction of sp³-hybridized carbons (Fsp3) is 0.318. The van der Waals surface area contributed by atoms with Crippen molar-refractivity contribution in [3.05, 3.63) is 54.1 Å². The van der Waals surface area contributed by atoms with E-state index in [1.165, 1.54) is 6.92 Å². The van der Waals surface area contributed by atoms with Crippen molar-refractivity contribution in [3.63, 3.8) is 0 Å². The summed E-state index contributed by atoms with van der Waals surface area (Å²) in [6.45, 7) is 4.14. The smallest absolute Gasteiger partial charge is 0.344 e. The highest BCUT2D eigenvalue weighted by Crippen LogP contribution is 2.19.